The minimum Gasteiger partial charge on any atom is -0.456 e. The molecule has 0 fully saturated rings. The third-order valence-electron chi connectivity index (χ3n) is 2.89. The Morgan fingerprint density at radius 3 is 2.88 bits per heavy atom. The van der Waals surface area contributed by atoms with Crippen LogP contribution in [0, 0.1) is 21.4 Å². The smallest absolute Gasteiger partial charge is 0.289 e. The highest BCUT2D eigenvalue weighted by atomic mass is 35.5. The lowest BCUT2D eigenvalue weighted by Crippen LogP contribution is -2.17. The number of hydrogen-bond acceptors (Lipinski definition) is 7. The van der Waals surface area contributed by atoms with Crippen LogP contribution in [0.4, 0.5) is 11.5 Å². The Morgan fingerprint density at radius 1 is 1.48 bits per heavy atom. The molecule has 0 spiro atoms. The number of nitrogens with zero attached hydrogens (tertiary/aromatic N) is 3. The number of halogens is 1. The first-order chi connectivity index (χ1) is 12.0. The van der Waals surface area contributed by atoms with Crippen LogP contribution in [-0.2, 0) is 9.53 Å². The van der Waals surface area contributed by atoms with Crippen molar-refractivity contribution >= 4 is 29.0 Å². The van der Waals surface area contributed by atoms with E-state index in [1.807, 2.05) is 0 Å². The van der Waals surface area contributed by atoms with Crippen LogP contribution in [0.1, 0.15) is 5.56 Å². The van der Waals surface area contributed by atoms with Gasteiger partial charge >= 0.3 is 0 Å². The molecule has 0 bridgehead atoms. The van der Waals surface area contributed by atoms with Crippen molar-refractivity contribution < 1.29 is 19.2 Å². The maximum Gasteiger partial charge on any atom is 0.289 e. The Balaban J connectivity index is 2.28. The predicted octanol–water partition coefficient (Wildman–Crippen LogP) is 2.89. The summed E-state index contributed by atoms with van der Waals surface area (Å²) in [4.78, 5) is 25.6. The molecule has 1 amide bonds. The summed E-state index contributed by atoms with van der Waals surface area (Å²) in [5.41, 5.74) is -0.564. The van der Waals surface area contributed by atoms with Crippen molar-refractivity contribution in [3.05, 3.63) is 51.2 Å². The molecule has 1 aromatic heterocycles. The van der Waals surface area contributed by atoms with Gasteiger partial charge in [0.2, 0.25) is 0 Å². The number of methoxy groups -OCH3 is 1. The molecule has 0 aliphatic carbocycles. The highest BCUT2D eigenvalue weighted by Gasteiger charge is 2.20. The van der Waals surface area contributed by atoms with Gasteiger partial charge in [0.1, 0.15) is 40.6 Å². The minimum absolute atomic E-state index is 0.0402. The molecule has 0 saturated carbocycles. The summed E-state index contributed by atoms with van der Waals surface area (Å²) in [6, 6.07) is 7.10. The third kappa shape index (κ3) is 4.41. The summed E-state index contributed by atoms with van der Waals surface area (Å²) in [5, 5.41) is 22.3. The molecule has 0 saturated heterocycles. The Labute approximate surface area is 146 Å². The average molecular weight is 363 g/mol. The van der Waals surface area contributed by atoms with E-state index < -0.39 is 16.5 Å². The van der Waals surface area contributed by atoms with Gasteiger partial charge in [0.15, 0.2) is 0 Å². The van der Waals surface area contributed by atoms with Crippen LogP contribution < -0.4 is 10.1 Å². The van der Waals surface area contributed by atoms with Gasteiger partial charge in [-0.3, -0.25) is 14.9 Å². The fourth-order valence-corrected chi connectivity index (χ4v) is 2.12. The Hall–Kier alpha value is -3.22. The van der Waals surface area contributed by atoms with E-state index in [2.05, 4.69) is 10.3 Å². The lowest BCUT2D eigenvalue weighted by atomic mass is 10.2. The number of pyridine rings is 1. The molecule has 0 atom stereocenters. The molecular formula is C15H11ClN4O5. The minimum atomic E-state index is -0.692. The van der Waals surface area contributed by atoms with Crippen LogP contribution >= 0.6 is 11.6 Å². The van der Waals surface area contributed by atoms with Gasteiger partial charge < -0.3 is 14.8 Å². The van der Waals surface area contributed by atoms with Crippen molar-refractivity contribution in [2.24, 2.45) is 0 Å². The maximum atomic E-state index is 11.5. The Kier molecular flexibility index (Phi) is 5.84. The number of carbonyl (C=O) groups is 1. The highest BCUT2D eigenvalue weighted by Crippen LogP contribution is 2.36. The number of aromatic nitrogens is 1. The molecule has 2 rings (SSSR count). The molecule has 1 heterocycles. The van der Waals surface area contributed by atoms with Crippen LogP contribution in [0.25, 0.3) is 0 Å². The molecule has 25 heavy (non-hydrogen) atoms. The third-order valence-corrected chi connectivity index (χ3v) is 3.28. The Bertz CT molecular complexity index is 865. The van der Waals surface area contributed by atoms with Crippen LogP contribution in [0.2, 0.25) is 5.02 Å². The molecule has 0 aliphatic rings. The van der Waals surface area contributed by atoms with Crippen molar-refractivity contribution in [2.75, 3.05) is 19.0 Å². The number of anilines is 1. The van der Waals surface area contributed by atoms with E-state index in [0.29, 0.717) is 0 Å². The van der Waals surface area contributed by atoms with Gasteiger partial charge in [0.05, 0.1) is 4.92 Å². The van der Waals surface area contributed by atoms with Gasteiger partial charge in [-0.15, -0.1) is 0 Å². The standard InChI is InChI=1S/C15H11ClN4O5/c1-24-8-14(21)19-13-6-9(4-5-18-13)25-12-3-2-11(20(22)23)15(16)10(12)7-17/h2-6H,8H2,1H3,(H,18,19,21). The van der Waals surface area contributed by atoms with Crippen LogP contribution in [-0.4, -0.2) is 29.5 Å². The first-order valence-corrected chi connectivity index (χ1v) is 7.13. The van der Waals surface area contributed by atoms with Gasteiger partial charge in [0, 0.05) is 25.4 Å². The topological polar surface area (TPSA) is 127 Å². The second-order valence-corrected chi connectivity index (χ2v) is 4.98. The number of carbonyl (C=O) groups excluding carboxylic acids is 1. The van der Waals surface area contributed by atoms with Gasteiger partial charge in [-0.05, 0) is 12.1 Å². The number of nitro groups is 1. The van der Waals surface area contributed by atoms with E-state index in [1.54, 1.807) is 6.07 Å². The molecule has 9 nitrogen and oxygen atoms in total. The molecule has 2 aromatic rings. The molecule has 10 heteroatoms. The van der Waals surface area contributed by atoms with Crippen molar-refractivity contribution in [1.82, 2.24) is 4.98 Å². The van der Waals surface area contributed by atoms with E-state index in [0.717, 1.165) is 6.07 Å². The molecule has 0 unspecified atom stereocenters. The van der Waals surface area contributed by atoms with E-state index in [-0.39, 0.29) is 34.5 Å². The van der Waals surface area contributed by atoms with E-state index in [4.69, 9.17) is 21.1 Å². The highest BCUT2D eigenvalue weighted by molar-refractivity contribution is 6.34. The fraction of sp³-hybridized carbons (Fsp3) is 0.133. The molecule has 128 valence electrons. The molecule has 1 aromatic carbocycles. The Morgan fingerprint density at radius 2 is 2.24 bits per heavy atom. The van der Waals surface area contributed by atoms with Gasteiger partial charge in [-0.2, -0.15) is 5.26 Å². The van der Waals surface area contributed by atoms with Crippen LogP contribution in [0.3, 0.4) is 0 Å². The monoisotopic (exact) mass is 362 g/mol. The van der Waals surface area contributed by atoms with Crippen LogP contribution in [0.15, 0.2) is 30.5 Å². The van der Waals surface area contributed by atoms with E-state index in [9.17, 15) is 20.2 Å². The zero-order chi connectivity index (χ0) is 18.4. The number of ether oxygens (including phenoxy) is 2. The maximum absolute atomic E-state index is 11.5. The number of nitrogens with one attached hydrogen (secondary N) is 1. The summed E-state index contributed by atoms with van der Waals surface area (Å²) < 4.78 is 10.2. The van der Waals surface area contributed by atoms with Crippen molar-refractivity contribution in [3.63, 3.8) is 0 Å². The summed E-state index contributed by atoms with van der Waals surface area (Å²) in [6.45, 7) is -0.136. The number of rotatable bonds is 6. The second-order valence-electron chi connectivity index (χ2n) is 4.60. The van der Waals surface area contributed by atoms with E-state index >= 15 is 0 Å². The summed E-state index contributed by atoms with van der Waals surface area (Å²) in [7, 11) is 1.38. The zero-order valence-corrected chi connectivity index (χ0v) is 13.6. The second kappa shape index (κ2) is 8.05. The molecular weight excluding hydrogens is 352 g/mol. The lowest BCUT2D eigenvalue weighted by molar-refractivity contribution is -0.384. The first kappa shape index (κ1) is 18.1. The van der Waals surface area contributed by atoms with Crippen molar-refractivity contribution in [1.29, 1.82) is 5.26 Å². The van der Waals surface area contributed by atoms with E-state index in [1.165, 1.54) is 31.5 Å². The van der Waals surface area contributed by atoms with Crippen LogP contribution in [0.5, 0.6) is 11.5 Å². The first-order valence-electron chi connectivity index (χ1n) is 6.76. The number of nitro benzene ring substituents is 1. The fourth-order valence-electron chi connectivity index (χ4n) is 1.86. The largest absolute Gasteiger partial charge is 0.456 e. The van der Waals surface area contributed by atoms with Crippen molar-refractivity contribution in [2.45, 2.75) is 0 Å². The average Bonchev–Trinajstić information content (AvgIpc) is 2.55. The number of hydrogen-bond donors (Lipinski definition) is 1. The lowest BCUT2D eigenvalue weighted by Gasteiger charge is -2.10. The number of nitriles is 1. The van der Waals surface area contributed by atoms with Crippen molar-refractivity contribution in [3.8, 4) is 17.6 Å². The summed E-state index contributed by atoms with van der Waals surface area (Å²) >= 11 is 5.88. The van der Waals surface area contributed by atoms with Gasteiger partial charge in [-0.25, -0.2) is 4.98 Å². The quantitative estimate of drug-likeness (QED) is 0.618. The SMILES string of the molecule is COCC(=O)Nc1cc(Oc2ccc([N+](=O)[O-])c(Cl)c2C#N)ccn1. The normalized spacial score (nSPS) is 9.96. The number of amides is 1. The molecule has 1 N–H and O–H groups in total. The van der Waals surface area contributed by atoms with Gasteiger partial charge in [-0.1, -0.05) is 11.6 Å². The summed E-state index contributed by atoms with van der Waals surface area (Å²) in [5.74, 6) is 0.108. The number of benzene rings is 1. The summed E-state index contributed by atoms with van der Waals surface area (Å²) in [6.07, 6.45) is 1.39. The zero-order valence-electron chi connectivity index (χ0n) is 12.9. The van der Waals surface area contributed by atoms with Gasteiger partial charge in [0.25, 0.3) is 11.6 Å². The molecule has 0 aliphatic heterocycles. The molecule has 0 radical (unpaired) electrons. The predicted molar refractivity (Wildman–Crippen MR) is 87.6 cm³/mol.